The number of allylic oxidation sites excluding steroid dienone is 2. The second kappa shape index (κ2) is 5.05. The number of rotatable bonds is 4. The van der Waals surface area contributed by atoms with Crippen LogP contribution >= 0.6 is 11.8 Å². The fraction of sp³-hybridized carbons (Fsp3) is 0.308. The van der Waals surface area contributed by atoms with Crippen LogP contribution in [-0.2, 0) is 4.79 Å². The van der Waals surface area contributed by atoms with E-state index in [1.54, 1.807) is 6.20 Å². The molecule has 0 saturated heterocycles. The molecule has 0 aliphatic heterocycles. The molecular weight excluding hydrogens is 262 g/mol. The third kappa shape index (κ3) is 2.35. The van der Waals surface area contributed by atoms with Crippen LogP contribution in [0.15, 0.2) is 35.6 Å². The van der Waals surface area contributed by atoms with Crippen molar-refractivity contribution in [2.24, 2.45) is 0 Å². The Bertz CT molecular complexity index is 642. The first kappa shape index (κ1) is 12.2. The lowest BCUT2D eigenvalue weighted by Crippen LogP contribution is -2.08. The van der Waals surface area contributed by atoms with Crippen molar-refractivity contribution in [1.29, 1.82) is 0 Å². The van der Waals surface area contributed by atoms with E-state index in [2.05, 4.69) is 26.7 Å². The van der Waals surface area contributed by atoms with Crippen LogP contribution in [0, 0.1) is 0 Å². The molecule has 2 aromatic rings. The zero-order valence-electron chi connectivity index (χ0n) is 10.2. The maximum atomic E-state index is 10.7. The van der Waals surface area contributed by atoms with Crippen molar-refractivity contribution in [1.82, 2.24) is 14.5 Å². The standard InChI is InChI=1S/C13H13N3O2S/c17-11(18)8-19-13-15-10-6-3-7-14-12(10)16(13)9-4-1-2-5-9/h1-3,6-7,9H,4-5,8H2,(H,17,18). The summed E-state index contributed by atoms with van der Waals surface area (Å²) in [7, 11) is 0. The summed E-state index contributed by atoms with van der Waals surface area (Å²) in [6.45, 7) is 0. The van der Waals surface area contributed by atoms with Gasteiger partial charge in [0.2, 0.25) is 0 Å². The molecule has 19 heavy (non-hydrogen) atoms. The Kier molecular flexibility index (Phi) is 3.25. The number of hydrogen-bond acceptors (Lipinski definition) is 4. The molecule has 0 saturated carbocycles. The zero-order valence-corrected chi connectivity index (χ0v) is 11.0. The molecule has 0 radical (unpaired) electrons. The van der Waals surface area contributed by atoms with Crippen LogP contribution in [0.5, 0.6) is 0 Å². The highest BCUT2D eigenvalue weighted by atomic mass is 32.2. The molecule has 1 aliphatic carbocycles. The van der Waals surface area contributed by atoms with Gasteiger partial charge in [0.05, 0.1) is 5.75 Å². The lowest BCUT2D eigenvalue weighted by molar-refractivity contribution is -0.133. The van der Waals surface area contributed by atoms with Gasteiger partial charge in [-0.3, -0.25) is 9.36 Å². The lowest BCUT2D eigenvalue weighted by atomic mass is 10.2. The Morgan fingerprint density at radius 2 is 2.26 bits per heavy atom. The second-order valence-corrected chi connectivity index (χ2v) is 5.33. The summed E-state index contributed by atoms with van der Waals surface area (Å²) in [6.07, 6.45) is 7.93. The zero-order chi connectivity index (χ0) is 13.2. The molecule has 0 atom stereocenters. The Balaban J connectivity index is 2.03. The Hall–Kier alpha value is -1.82. The SMILES string of the molecule is O=C(O)CSc1nc2cccnc2n1C1CC=CC1. The van der Waals surface area contributed by atoms with E-state index in [1.807, 2.05) is 12.1 Å². The molecule has 0 amide bonds. The number of nitrogens with zero attached hydrogens (tertiary/aromatic N) is 3. The minimum atomic E-state index is -0.832. The lowest BCUT2D eigenvalue weighted by Gasteiger charge is -2.14. The quantitative estimate of drug-likeness (QED) is 0.686. The summed E-state index contributed by atoms with van der Waals surface area (Å²) in [5, 5.41) is 9.56. The maximum absolute atomic E-state index is 10.7. The second-order valence-electron chi connectivity index (χ2n) is 4.39. The van der Waals surface area contributed by atoms with Gasteiger partial charge < -0.3 is 5.11 Å². The normalized spacial score (nSPS) is 15.4. The fourth-order valence-corrected chi connectivity index (χ4v) is 3.07. The van der Waals surface area contributed by atoms with Gasteiger partial charge in [-0.1, -0.05) is 23.9 Å². The van der Waals surface area contributed by atoms with Crippen LogP contribution in [0.25, 0.3) is 11.2 Å². The third-order valence-electron chi connectivity index (χ3n) is 3.09. The number of hydrogen-bond donors (Lipinski definition) is 1. The summed E-state index contributed by atoms with van der Waals surface area (Å²) in [5.41, 5.74) is 1.66. The first-order chi connectivity index (χ1) is 9.25. The van der Waals surface area contributed by atoms with Gasteiger partial charge in [0, 0.05) is 12.2 Å². The number of carboxylic acid groups (broad SMARTS) is 1. The van der Waals surface area contributed by atoms with Crippen LogP contribution in [0.4, 0.5) is 0 Å². The van der Waals surface area contributed by atoms with Gasteiger partial charge in [-0.25, -0.2) is 9.97 Å². The molecule has 2 aromatic heterocycles. The molecule has 0 fully saturated rings. The van der Waals surface area contributed by atoms with E-state index in [0.29, 0.717) is 6.04 Å². The molecule has 0 bridgehead atoms. The highest BCUT2D eigenvalue weighted by Crippen LogP contribution is 2.32. The van der Waals surface area contributed by atoms with Gasteiger partial charge in [0.15, 0.2) is 10.8 Å². The third-order valence-corrected chi connectivity index (χ3v) is 4.03. The molecular formula is C13H13N3O2S. The highest BCUT2D eigenvalue weighted by Gasteiger charge is 2.21. The van der Waals surface area contributed by atoms with Crippen molar-refractivity contribution in [3.8, 4) is 0 Å². The van der Waals surface area contributed by atoms with Crippen molar-refractivity contribution in [2.45, 2.75) is 24.0 Å². The summed E-state index contributed by atoms with van der Waals surface area (Å²) >= 11 is 1.25. The van der Waals surface area contributed by atoms with E-state index in [1.165, 1.54) is 11.8 Å². The molecule has 2 heterocycles. The first-order valence-corrected chi connectivity index (χ1v) is 7.07. The minimum Gasteiger partial charge on any atom is -0.481 e. The molecule has 3 rings (SSSR count). The molecule has 0 unspecified atom stereocenters. The van der Waals surface area contributed by atoms with Crippen molar-refractivity contribution in [3.63, 3.8) is 0 Å². The topological polar surface area (TPSA) is 68.0 Å². The molecule has 6 heteroatoms. The predicted molar refractivity (Wildman–Crippen MR) is 73.3 cm³/mol. The Morgan fingerprint density at radius 1 is 1.47 bits per heavy atom. The fourth-order valence-electron chi connectivity index (χ4n) is 2.28. The maximum Gasteiger partial charge on any atom is 0.313 e. The van der Waals surface area contributed by atoms with Crippen molar-refractivity contribution < 1.29 is 9.90 Å². The van der Waals surface area contributed by atoms with Crippen LogP contribution < -0.4 is 0 Å². The van der Waals surface area contributed by atoms with Crippen molar-refractivity contribution >= 4 is 28.9 Å². The monoisotopic (exact) mass is 275 g/mol. The summed E-state index contributed by atoms with van der Waals surface area (Å²) in [5.74, 6) is -0.815. The van der Waals surface area contributed by atoms with Crippen LogP contribution in [0.1, 0.15) is 18.9 Å². The number of aromatic nitrogens is 3. The number of carbonyl (C=O) groups is 1. The summed E-state index contributed by atoms with van der Waals surface area (Å²) in [6, 6.07) is 4.06. The molecule has 0 spiro atoms. The van der Waals surface area contributed by atoms with E-state index in [4.69, 9.17) is 5.11 Å². The molecule has 0 aromatic carbocycles. The van der Waals surface area contributed by atoms with Crippen LogP contribution in [-0.4, -0.2) is 31.4 Å². The average Bonchev–Trinajstić information content (AvgIpc) is 3.02. The average molecular weight is 275 g/mol. The van der Waals surface area contributed by atoms with Crippen molar-refractivity contribution in [3.05, 3.63) is 30.5 Å². The van der Waals surface area contributed by atoms with Crippen molar-refractivity contribution in [2.75, 3.05) is 5.75 Å². The number of aliphatic carboxylic acids is 1. The molecule has 5 nitrogen and oxygen atoms in total. The van der Waals surface area contributed by atoms with E-state index >= 15 is 0 Å². The van der Waals surface area contributed by atoms with Gasteiger partial charge in [-0.15, -0.1) is 0 Å². The van der Waals surface area contributed by atoms with Crippen LogP contribution in [0.3, 0.4) is 0 Å². The highest BCUT2D eigenvalue weighted by molar-refractivity contribution is 7.99. The minimum absolute atomic E-state index is 0.0173. The molecule has 1 N–H and O–H groups in total. The predicted octanol–water partition coefficient (Wildman–Crippen LogP) is 2.50. The van der Waals surface area contributed by atoms with Gasteiger partial charge in [0.25, 0.3) is 0 Å². The van der Waals surface area contributed by atoms with E-state index in [9.17, 15) is 4.79 Å². The van der Waals surface area contributed by atoms with E-state index < -0.39 is 5.97 Å². The molecule has 98 valence electrons. The largest absolute Gasteiger partial charge is 0.481 e. The Morgan fingerprint density at radius 3 is 3.00 bits per heavy atom. The van der Waals surface area contributed by atoms with E-state index in [0.717, 1.165) is 29.2 Å². The number of carboxylic acids is 1. The first-order valence-electron chi connectivity index (χ1n) is 6.08. The van der Waals surface area contributed by atoms with Gasteiger partial charge in [-0.2, -0.15) is 0 Å². The number of imidazole rings is 1. The van der Waals surface area contributed by atoms with E-state index in [-0.39, 0.29) is 5.75 Å². The van der Waals surface area contributed by atoms with Gasteiger partial charge in [-0.05, 0) is 25.0 Å². The summed E-state index contributed by atoms with van der Waals surface area (Å²) in [4.78, 5) is 19.6. The Labute approximate surface area is 114 Å². The van der Waals surface area contributed by atoms with Gasteiger partial charge >= 0.3 is 5.97 Å². The smallest absolute Gasteiger partial charge is 0.313 e. The summed E-state index contributed by atoms with van der Waals surface area (Å²) < 4.78 is 2.07. The van der Waals surface area contributed by atoms with Gasteiger partial charge in [0.1, 0.15) is 5.52 Å². The number of fused-ring (bicyclic) bond motifs is 1. The number of pyridine rings is 1. The molecule has 1 aliphatic rings. The van der Waals surface area contributed by atoms with Crippen LogP contribution in [0.2, 0.25) is 0 Å². The number of thioether (sulfide) groups is 1.